The van der Waals surface area contributed by atoms with Crippen molar-refractivity contribution in [1.82, 2.24) is 5.48 Å². The summed E-state index contributed by atoms with van der Waals surface area (Å²) in [6, 6.07) is 0. The predicted octanol–water partition coefficient (Wildman–Crippen LogP) is 0.228. The fourth-order valence-corrected chi connectivity index (χ4v) is 0.325. The Morgan fingerprint density at radius 1 is 2.00 bits per heavy atom. The summed E-state index contributed by atoms with van der Waals surface area (Å²) in [7, 11) is 0. The van der Waals surface area contributed by atoms with Gasteiger partial charge in [0.1, 0.15) is 6.61 Å². The van der Waals surface area contributed by atoms with Crippen LogP contribution in [0.3, 0.4) is 0 Å². The van der Waals surface area contributed by atoms with Gasteiger partial charge < -0.3 is 0 Å². The summed E-state index contributed by atoms with van der Waals surface area (Å²) in [6.45, 7) is 2.50. The quantitative estimate of drug-likeness (QED) is 0.453. The van der Waals surface area contributed by atoms with Crippen LogP contribution in [0.2, 0.25) is 0 Å². The Labute approximate surface area is 36.8 Å². The molecule has 1 radical (unpaired) electrons. The van der Waals surface area contributed by atoms with Gasteiger partial charge in [-0.2, -0.15) is 0 Å². The minimum Gasteiger partial charge on any atom is -0.272 e. The number of rotatable bonds is 0. The molecule has 2 heteroatoms. The maximum atomic E-state index is 4.66. The van der Waals surface area contributed by atoms with Gasteiger partial charge in [0.05, 0.1) is 0 Å². The molecule has 1 rings (SSSR count). The highest BCUT2D eigenvalue weighted by Gasteiger charge is 1.93. The largest absolute Gasteiger partial charge is 0.272 e. The van der Waals surface area contributed by atoms with Gasteiger partial charge in [0, 0.05) is 11.8 Å². The molecule has 0 amide bonds. The molecule has 1 aliphatic heterocycles. The lowest BCUT2D eigenvalue weighted by molar-refractivity contribution is 0.107. The molecule has 0 aromatic heterocycles. The molecule has 1 N–H and O–H groups in total. The van der Waals surface area contributed by atoms with E-state index in [9.17, 15) is 0 Å². The fourth-order valence-electron chi connectivity index (χ4n) is 0.325. The van der Waals surface area contributed by atoms with E-state index < -0.39 is 0 Å². The van der Waals surface area contributed by atoms with Crippen molar-refractivity contribution < 1.29 is 4.84 Å². The number of hydroxylamine groups is 1. The Morgan fingerprint density at radius 3 is 3.00 bits per heavy atom. The van der Waals surface area contributed by atoms with E-state index in [4.69, 9.17) is 0 Å². The van der Waals surface area contributed by atoms with Gasteiger partial charge in [0.15, 0.2) is 0 Å². The van der Waals surface area contributed by atoms with E-state index in [2.05, 4.69) is 16.4 Å². The molecule has 0 saturated carbocycles. The highest BCUT2D eigenvalue weighted by Crippen LogP contribution is 1.90. The molecule has 0 aromatic rings. The molecule has 0 aliphatic carbocycles. The fraction of sp³-hybridized carbons (Fsp3) is 0.500. The van der Waals surface area contributed by atoms with Gasteiger partial charge in [-0.1, -0.05) is 0 Å². The van der Waals surface area contributed by atoms with Gasteiger partial charge in [-0.3, -0.25) is 10.3 Å². The van der Waals surface area contributed by atoms with Crippen molar-refractivity contribution in [2.75, 3.05) is 6.61 Å². The SMILES string of the molecule is CC1=[C]CON1. The van der Waals surface area contributed by atoms with Crippen LogP contribution in [0.25, 0.3) is 0 Å². The maximum absolute atomic E-state index is 4.66. The summed E-state index contributed by atoms with van der Waals surface area (Å²) in [5, 5.41) is 0. The predicted molar refractivity (Wildman–Crippen MR) is 21.5 cm³/mol. The lowest BCUT2D eigenvalue weighted by Crippen LogP contribution is -2.01. The van der Waals surface area contributed by atoms with E-state index in [-0.39, 0.29) is 0 Å². The molecule has 0 fully saturated rings. The van der Waals surface area contributed by atoms with E-state index in [0.29, 0.717) is 6.61 Å². The van der Waals surface area contributed by atoms with Gasteiger partial charge >= 0.3 is 0 Å². The Hall–Kier alpha value is -0.500. The maximum Gasteiger partial charge on any atom is 0.102 e. The molecule has 33 valence electrons. The van der Waals surface area contributed by atoms with Crippen LogP contribution in [-0.4, -0.2) is 6.61 Å². The average molecular weight is 84.1 g/mol. The summed E-state index contributed by atoms with van der Waals surface area (Å²) < 4.78 is 0. The van der Waals surface area contributed by atoms with E-state index in [1.165, 1.54) is 0 Å². The van der Waals surface area contributed by atoms with E-state index in [0.717, 1.165) is 5.70 Å². The highest BCUT2D eigenvalue weighted by atomic mass is 16.6. The van der Waals surface area contributed by atoms with Crippen molar-refractivity contribution in [3.05, 3.63) is 11.8 Å². The van der Waals surface area contributed by atoms with Gasteiger partial charge in [-0.05, 0) is 6.92 Å². The van der Waals surface area contributed by atoms with Crippen LogP contribution in [0.1, 0.15) is 6.92 Å². The lowest BCUT2D eigenvalue weighted by Gasteiger charge is -1.89. The van der Waals surface area contributed by atoms with Gasteiger partial charge in [0.2, 0.25) is 0 Å². The van der Waals surface area contributed by atoms with Gasteiger partial charge in [-0.15, -0.1) is 0 Å². The van der Waals surface area contributed by atoms with Crippen molar-refractivity contribution in [2.24, 2.45) is 0 Å². The molecule has 6 heavy (non-hydrogen) atoms. The molecule has 0 atom stereocenters. The van der Waals surface area contributed by atoms with E-state index in [1.807, 2.05) is 6.92 Å². The van der Waals surface area contributed by atoms with Crippen LogP contribution >= 0.6 is 0 Å². The summed E-state index contributed by atoms with van der Waals surface area (Å²) >= 11 is 0. The highest BCUT2D eigenvalue weighted by molar-refractivity contribution is 4.89. The third kappa shape index (κ3) is 0.518. The Morgan fingerprint density at radius 2 is 2.83 bits per heavy atom. The first-order valence-corrected chi connectivity index (χ1v) is 1.85. The zero-order valence-corrected chi connectivity index (χ0v) is 3.62. The van der Waals surface area contributed by atoms with Crippen LogP contribution in [0.4, 0.5) is 0 Å². The number of allylic oxidation sites excluding steroid dienone is 1. The first-order valence-electron chi connectivity index (χ1n) is 1.85. The summed E-state index contributed by atoms with van der Waals surface area (Å²) in [4.78, 5) is 4.66. The zero-order chi connectivity index (χ0) is 4.41. The topological polar surface area (TPSA) is 21.3 Å². The minimum absolute atomic E-state index is 0.589. The first kappa shape index (κ1) is 3.68. The first-order chi connectivity index (χ1) is 2.89. The second-order valence-corrected chi connectivity index (χ2v) is 1.19. The van der Waals surface area contributed by atoms with Gasteiger partial charge in [0.25, 0.3) is 0 Å². The molecular weight excluding hydrogens is 78.0 g/mol. The molecule has 0 unspecified atom stereocenters. The molecule has 0 saturated heterocycles. The molecule has 1 heterocycles. The van der Waals surface area contributed by atoms with Gasteiger partial charge in [-0.25, -0.2) is 0 Å². The number of hydrogen-bond donors (Lipinski definition) is 1. The van der Waals surface area contributed by atoms with Crippen molar-refractivity contribution in [3.63, 3.8) is 0 Å². The Kier molecular flexibility index (Phi) is 0.801. The van der Waals surface area contributed by atoms with Crippen molar-refractivity contribution in [3.8, 4) is 0 Å². The number of nitrogens with one attached hydrogen (secondary N) is 1. The Balaban J connectivity index is 2.45. The molecule has 2 nitrogen and oxygen atoms in total. The monoisotopic (exact) mass is 84.0 g/mol. The van der Waals surface area contributed by atoms with Crippen LogP contribution in [0.15, 0.2) is 5.70 Å². The Bertz CT molecular complexity index is 77.6. The average Bonchev–Trinajstić information content (AvgIpc) is 1.86. The second-order valence-electron chi connectivity index (χ2n) is 1.19. The normalized spacial score (nSPS) is 19.8. The summed E-state index contributed by atoms with van der Waals surface area (Å²) in [5.74, 6) is 0. The molecule has 0 spiro atoms. The van der Waals surface area contributed by atoms with E-state index >= 15 is 0 Å². The minimum atomic E-state index is 0.589. The molecule has 1 aliphatic rings. The standard InChI is InChI=1S/C4H6NO/c1-4-2-3-6-5-4/h5H,3H2,1H3. The third-order valence-corrected chi connectivity index (χ3v) is 0.635. The van der Waals surface area contributed by atoms with Crippen molar-refractivity contribution in [2.45, 2.75) is 6.92 Å². The molecule has 0 bridgehead atoms. The van der Waals surface area contributed by atoms with Crippen LogP contribution in [0.5, 0.6) is 0 Å². The van der Waals surface area contributed by atoms with Crippen molar-refractivity contribution >= 4 is 0 Å². The number of hydrogen-bond acceptors (Lipinski definition) is 2. The smallest absolute Gasteiger partial charge is 0.102 e. The lowest BCUT2D eigenvalue weighted by atomic mass is 10.5. The van der Waals surface area contributed by atoms with Crippen LogP contribution in [0, 0.1) is 6.08 Å². The van der Waals surface area contributed by atoms with Crippen LogP contribution in [-0.2, 0) is 4.84 Å². The van der Waals surface area contributed by atoms with Crippen molar-refractivity contribution in [1.29, 1.82) is 0 Å². The second kappa shape index (κ2) is 1.30. The molecule has 0 aromatic carbocycles. The molecular formula is C4H6NO. The van der Waals surface area contributed by atoms with Crippen LogP contribution < -0.4 is 5.48 Å². The summed E-state index contributed by atoms with van der Waals surface area (Å²) in [6.07, 6.45) is 2.90. The van der Waals surface area contributed by atoms with E-state index in [1.54, 1.807) is 0 Å². The zero-order valence-electron chi connectivity index (χ0n) is 3.62. The third-order valence-electron chi connectivity index (χ3n) is 0.635. The summed E-state index contributed by atoms with van der Waals surface area (Å²) in [5.41, 5.74) is 3.61.